The van der Waals surface area contributed by atoms with Gasteiger partial charge in [-0.05, 0) is 69.8 Å². The molecule has 0 spiro atoms. The van der Waals surface area contributed by atoms with Crippen LogP contribution in [0, 0.1) is 0 Å². The van der Waals surface area contributed by atoms with Crippen LogP contribution in [0.25, 0.3) is 100 Å². The standard InChI is InChI=1S/2C32H26N3.H2O4S/c2*1-34(2)31-22-32-29(21-27(31)24-14-8-4-9-15-24)33-28-20-25(23-12-6-3-7-13-23)18-19-30(28)35(32)26-16-10-5-11-17-26;1-5(2,3)4/h2*3-22H,1-2H3;(H2,1,2,3,4)/q2*+1;/p-2. The first kappa shape index (κ1) is 49.4. The molecule has 0 saturated carbocycles. The molecule has 0 radical (unpaired) electrons. The van der Waals surface area contributed by atoms with Crippen molar-refractivity contribution >= 4 is 65.9 Å². The van der Waals surface area contributed by atoms with Gasteiger partial charge in [0.1, 0.15) is 22.1 Å². The van der Waals surface area contributed by atoms with E-state index >= 15 is 0 Å². The molecule has 12 rings (SSSR count). The minimum atomic E-state index is -5.17. The predicted octanol–water partition coefficient (Wildman–Crippen LogP) is 12.8. The lowest BCUT2D eigenvalue weighted by atomic mass is 10.0. The first-order chi connectivity index (χ1) is 36.4. The molecule has 10 aromatic carbocycles. The summed E-state index contributed by atoms with van der Waals surface area (Å²) in [5, 5.41) is 0. The largest absolute Gasteiger partial charge is 0.759 e. The first-order valence-corrected chi connectivity index (χ1v) is 25.7. The topological polar surface area (TPSA) is 120 Å². The molecule has 0 unspecified atom stereocenters. The summed E-state index contributed by atoms with van der Waals surface area (Å²) in [7, 11) is 3.23. The molecule has 0 amide bonds. The van der Waals surface area contributed by atoms with Crippen molar-refractivity contribution in [2.75, 3.05) is 38.0 Å². The Morgan fingerprint density at radius 1 is 0.333 bits per heavy atom. The SMILES string of the molecule is CN(C)c1cc2c(cc1-c1ccccc1)nc1cc(-c3ccccc3)ccc1[n+]2-c1ccccc1.CN(C)c1cc2c(cc1-c1ccccc1)nc1cc(-c3ccccc3)ccc1[n+]2-c1ccccc1.O=S(=O)([O-])[O-]. The number of rotatable bonds is 8. The van der Waals surface area contributed by atoms with E-state index in [-0.39, 0.29) is 0 Å². The molecule has 368 valence electrons. The molecule has 0 fully saturated rings. The van der Waals surface area contributed by atoms with E-state index in [1.165, 1.54) is 33.4 Å². The van der Waals surface area contributed by atoms with E-state index < -0.39 is 10.4 Å². The Morgan fingerprint density at radius 2 is 0.613 bits per heavy atom. The predicted molar refractivity (Wildman–Crippen MR) is 302 cm³/mol. The molecule has 2 heterocycles. The fourth-order valence-corrected chi connectivity index (χ4v) is 9.56. The summed E-state index contributed by atoms with van der Waals surface area (Å²) in [5.74, 6) is 0. The van der Waals surface area contributed by atoms with Crippen LogP contribution in [-0.4, -0.2) is 55.7 Å². The summed E-state index contributed by atoms with van der Waals surface area (Å²) >= 11 is 0. The van der Waals surface area contributed by atoms with Gasteiger partial charge in [-0.3, -0.25) is 8.42 Å². The Kier molecular flexibility index (Phi) is 14.2. The van der Waals surface area contributed by atoms with Gasteiger partial charge in [0.25, 0.3) is 0 Å². The zero-order valence-electron chi connectivity index (χ0n) is 41.8. The first-order valence-electron chi connectivity index (χ1n) is 24.4. The highest BCUT2D eigenvalue weighted by Crippen LogP contribution is 2.36. The number of hydrogen-bond donors (Lipinski definition) is 0. The lowest BCUT2D eigenvalue weighted by Gasteiger charge is -2.18. The van der Waals surface area contributed by atoms with Crippen LogP contribution in [0.2, 0.25) is 0 Å². The van der Waals surface area contributed by atoms with E-state index in [0.29, 0.717) is 0 Å². The lowest BCUT2D eigenvalue weighted by Crippen LogP contribution is -2.33. The third kappa shape index (κ3) is 11.0. The van der Waals surface area contributed by atoms with Gasteiger partial charge >= 0.3 is 0 Å². The van der Waals surface area contributed by atoms with Crippen molar-refractivity contribution in [1.29, 1.82) is 0 Å². The minimum absolute atomic E-state index is 0.969. The second kappa shape index (κ2) is 21.5. The van der Waals surface area contributed by atoms with Crippen molar-refractivity contribution in [2.24, 2.45) is 0 Å². The van der Waals surface area contributed by atoms with Crippen LogP contribution in [0.5, 0.6) is 0 Å². The number of aromatic nitrogens is 4. The summed E-state index contributed by atoms with van der Waals surface area (Å²) < 4.78 is 38.7. The molecule has 12 aromatic rings. The molecule has 0 N–H and O–H groups in total. The quantitative estimate of drug-likeness (QED) is 0.0639. The molecule has 0 atom stereocenters. The van der Waals surface area contributed by atoms with Crippen LogP contribution in [-0.2, 0) is 10.4 Å². The van der Waals surface area contributed by atoms with E-state index in [1.807, 2.05) is 12.1 Å². The second-order valence-electron chi connectivity index (χ2n) is 18.3. The fourth-order valence-electron chi connectivity index (χ4n) is 9.56. The van der Waals surface area contributed by atoms with Crippen molar-refractivity contribution in [3.05, 3.63) is 243 Å². The van der Waals surface area contributed by atoms with Gasteiger partial charge in [-0.1, -0.05) is 158 Å². The highest BCUT2D eigenvalue weighted by Gasteiger charge is 2.25. The van der Waals surface area contributed by atoms with Crippen LogP contribution in [0.4, 0.5) is 11.4 Å². The van der Waals surface area contributed by atoms with Gasteiger partial charge in [-0.25, -0.2) is 9.97 Å². The van der Waals surface area contributed by atoms with Gasteiger partial charge in [0.15, 0.2) is 0 Å². The van der Waals surface area contributed by atoms with E-state index in [4.69, 9.17) is 27.5 Å². The number of nitrogens with zero attached hydrogens (tertiary/aromatic N) is 6. The molecule has 75 heavy (non-hydrogen) atoms. The summed E-state index contributed by atoms with van der Waals surface area (Å²) in [6, 6.07) is 85.3. The average Bonchev–Trinajstić information content (AvgIpc) is 3.44. The maximum absolute atomic E-state index is 8.52. The summed E-state index contributed by atoms with van der Waals surface area (Å²) in [5.41, 5.74) is 22.2. The zero-order valence-corrected chi connectivity index (χ0v) is 42.6. The molecule has 0 bridgehead atoms. The van der Waals surface area contributed by atoms with Crippen molar-refractivity contribution in [2.45, 2.75) is 0 Å². The molecule has 0 aliphatic heterocycles. The molecular formula is C64H52N6O4S. The van der Waals surface area contributed by atoms with Crippen LogP contribution in [0.1, 0.15) is 0 Å². The van der Waals surface area contributed by atoms with Crippen molar-refractivity contribution in [1.82, 2.24) is 9.97 Å². The maximum Gasteiger partial charge on any atom is 0.239 e. The Hall–Kier alpha value is -9.13. The smallest absolute Gasteiger partial charge is 0.239 e. The average molecular weight is 1000 g/mol. The molecule has 0 aliphatic rings. The van der Waals surface area contributed by atoms with Crippen molar-refractivity contribution in [3.8, 4) is 55.9 Å². The van der Waals surface area contributed by atoms with Gasteiger partial charge < -0.3 is 18.9 Å². The van der Waals surface area contributed by atoms with E-state index in [9.17, 15) is 0 Å². The monoisotopic (exact) mass is 1000 g/mol. The van der Waals surface area contributed by atoms with Crippen LogP contribution in [0.3, 0.4) is 0 Å². The molecule has 10 nitrogen and oxygen atoms in total. The Morgan fingerprint density at radius 3 is 0.920 bits per heavy atom. The third-order valence-corrected chi connectivity index (χ3v) is 13.0. The summed E-state index contributed by atoms with van der Waals surface area (Å²) in [4.78, 5) is 14.8. The molecular weight excluding hydrogens is 949 g/mol. The minimum Gasteiger partial charge on any atom is -0.759 e. The third-order valence-electron chi connectivity index (χ3n) is 13.0. The van der Waals surface area contributed by atoms with Crippen LogP contribution < -0.4 is 18.9 Å². The Bertz CT molecular complexity index is 3820. The Labute approximate surface area is 436 Å². The summed E-state index contributed by atoms with van der Waals surface area (Å²) in [6.07, 6.45) is 0. The number of benzene rings is 10. The van der Waals surface area contributed by atoms with Crippen LogP contribution in [0.15, 0.2) is 243 Å². The highest BCUT2D eigenvalue weighted by molar-refractivity contribution is 7.79. The van der Waals surface area contributed by atoms with E-state index in [2.05, 4.69) is 278 Å². The zero-order chi connectivity index (χ0) is 52.1. The molecule has 0 saturated heterocycles. The number of hydrogen-bond acceptors (Lipinski definition) is 8. The number of para-hydroxylation sites is 2. The maximum atomic E-state index is 8.52. The Balaban J connectivity index is 0.000000157. The van der Waals surface area contributed by atoms with Crippen molar-refractivity contribution in [3.63, 3.8) is 0 Å². The van der Waals surface area contributed by atoms with Crippen LogP contribution >= 0.6 is 0 Å². The molecule has 2 aromatic heterocycles. The summed E-state index contributed by atoms with van der Waals surface area (Å²) in [6.45, 7) is 0. The van der Waals surface area contributed by atoms with Gasteiger partial charge in [0.2, 0.25) is 33.4 Å². The second-order valence-corrected chi connectivity index (χ2v) is 19.2. The van der Waals surface area contributed by atoms with Crippen molar-refractivity contribution < 1.29 is 26.7 Å². The van der Waals surface area contributed by atoms with Gasteiger partial charge in [0.05, 0.1) is 11.4 Å². The van der Waals surface area contributed by atoms with Gasteiger partial charge in [-0.2, -0.15) is 0 Å². The molecule has 0 aliphatic carbocycles. The lowest BCUT2D eigenvalue weighted by molar-refractivity contribution is -0.538. The van der Waals surface area contributed by atoms with E-state index in [1.54, 1.807) is 0 Å². The fraction of sp³-hybridized carbons (Fsp3) is 0.0625. The highest BCUT2D eigenvalue weighted by atomic mass is 32.3. The number of anilines is 2. The number of fused-ring (bicyclic) bond motifs is 4. The van der Waals surface area contributed by atoms with Gasteiger partial charge in [0, 0.05) is 98.2 Å². The van der Waals surface area contributed by atoms with Gasteiger partial charge in [-0.15, -0.1) is 9.13 Å². The normalized spacial score (nSPS) is 11.2. The molecule has 11 heteroatoms. The van der Waals surface area contributed by atoms with E-state index in [0.717, 1.165) is 78.0 Å².